The fourth-order valence-electron chi connectivity index (χ4n) is 2.56. The average molecular weight is 425 g/mol. The van der Waals surface area contributed by atoms with Crippen molar-refractivity contribution in [1.29, 1.82) is 0 Å². The Morgan fingerprint density at radius 2 is 1.93 bits per heavy atom. The molecule has 0 atom stereocenters. The number of benzene rings is 1. The van der Waals surface area contributed by atoms with Crippen molar-refractivity contribution in [2.24, 2.45) is 0 Å². The molecule has 2 rings (SSSR count). The lowest BCUT2D eigenvalue weighted by Crippen LogP contribution is -2.45. The van der Waals surface area contributed by atoms with Gasteiger partial charge in [-0.2, -0.15) is 4.31 Å². The van der Waals surface area contributed by atoms with Crippen LogP contribution in [0.15, 0.2) is 24.3 Å². The van der Waals surface area contributed by atoms with Gasteiger partial charge in [-0.05, 0) is 6.07 Å². The highest BCUT2D eigenvalue weighted by Crippen LogP contribution is 2.26. The summed E-state index contributed by atoms with van der Waals surface area (Å²) in [6.45, 7) is 0.928. The molecule has 28 heavy (non-hydrogen) atoms. The lowest BCUT2D eigenvalue weighted by atomic mass is 10.2. The molecule has 0 aliphatic carbocycles. The zero-order valence-corrected chi connectivity index (χ0v) is 16.1. The van der Waals surface area contributed by atoms with Crippen molar-refractivity contribution in [2.45, 2.75) is 12.9 Å². The molecular weight excluding hydrogens is 403 g/mol. The van der Waals surface area contributed by atoms with Crippen LogP contribution in [-0.2, 0) is 21.3 Å². The van der Waals surface area contributed by atoms with Crippen LogP contribution in [0, 0.1) is 0 Å². The van der Waals surface area contributed by atoms with Gasteiger partial charge in [0.2, 0.25) is 10.0 Å². The molecule has 1 heterocycles. The van der Waals surface area contributed by atoms with E-state index in [-0.39, 0.29) is 37.5 Å². The quantitative estimate of drug-likeness (QED) is 0.713. The van der Waals surface area contributed by atoms with E-state index in [0.717, 1.165) is 11.0 Å². The SMILES string of the molecule is CN(Cc1ccccc1OC(F)(F)F)C(=O)NCCS(=O)(=O)N1CCOCC1. The molecule has 8 nitrogen and oxygen atoms in total. The van der Waals surface area contributed by atoms with Gasteiger partial charge in [-0.3, -0.25) is 0 Å². The molecule has 0 radical (unpaired) electrons. The number of amides is 2. The van der Waals surface area contributed by atoms with Crippen molar-refractivity contribution in [1.82, 2.24) is 14.5 Å². The van der Waals surface area contributed by atoms with Crippen LogP contribution >= 0.6 is 0 Å². The summed E-state index contributed by atoms with van der Waals surface area (Å²) in [6.07, 6.45) is -4.84. The summed E-state index contributed by atoms with van der Waals surface area (Å²) in [4.78, 5) is 13.3. The Hall–Kier alpha value is -2.05. The lowest BCUT2D eigenvalue weighted by molar-refractivity contribution is -0.275. The van der Waals surface area contributed by atoms with E-state index in [2.05, 4.69) is 10.1 Å². The van der Waals surface area contributed by atoms with Crippen molar-refractivity contribution in [2.75, 3.05) is 45.6 Å². The van der Waals surface area contributed by atoms with Crippen LogP contribution in [-0.4, -0.2) is 75.7 Å². The van der Waals surface area contributed by atoms with Gasteiger partial charge in [0.05, 0.1) is 25.5 Å². The van der Waals surface area contributed by atoms with Gasteiger partial charge in [-0.25, -0.2) is 13.2 Å². The number of sulfonamides is 1. The number of urea groups is 1. The first-order chi connectivity index (χ1) is 13.1. The van der Waals surface area contributed by atoms with Crippen LogP contribution in [0.5, 0.6) is 5.75 Å². The number of hydrogen-bond acceptors (Lipinski definition) is 5. The molecule has 1 N–H and O–H groups in total. The number of nitrogens with one attached hydrogen (secondary N) is 1. The molecule has 1 aliphatic rings. The maximum absolute atomic E-state index is 12.5. The summed E-state index contributed by atoms with van der Waals surface area (Å²) in [6, 6.07) is 4.87. The summed E-state index contributed by atoms with van der Waals surface area (Å²) in [5.74, 6) is -0.676. The molecule has 2 amide bonds. The van der Waals surface area contributed by atoms with E-state index >= 15 is 0 Å². The number of carbonyl (C=O) groups excluding carboxylic acids is 1. The van der Waals surface area contributed by atoms with Crippen molar-refractivity contribution in [3.8, 4) is 5.75 Å². The fourth-order valence-corrected chi connectivity index (χ4v) is 3.89. The van der Waals surface area contributed by atoms with Gasteiger partial charge in [0, 0.05) is 32.2 Å². The van der Waals surface area contributed by atoms with Gasteiger partial charge in [0.25, 0.3) is 0 Å². The molecule has 1 fully saturated rings. The number of halogens is 3. The molecule has 1 saturated heterocycles. The first-order valence-corrected chi connectivity index (χ1v) is 10.1. The summed E-state index contributed by atoms with van der Waals surface area (Å²) < 4.78 is 72.1. The van der Waals surface area contributed by atoms with E-state index in [1.807, 2.05) is 0 Å². The van der Waals surface area contributed by atoms with E-state index in [1.165, 1.54) is 29.6 Å². The third kappa shape index (κ3) is 6.84. The Morgan fingerprint density at radius 3 is 2.57 bits per heavy atom. The van der Waals surface area contributed by atoms with Crippen LogP contribution in [0.25, 0.3) is 0 Å². The second kappa shape index (κ2) is 9.43. The topological polar surface area (TPSA) is 88.2 Å². The van der Waals surface area contributed by atoms with E-state index in [0.29, 0.717) is 13.2 Å². The Bertz CT molecular complexity index is 767. The number of rotatable bonds is 7. The summed E-state index contributed by atoms with van der Waals surface area (Å²) >= 11 is 0. The lowest BCUT2D eigenvalue weighted by Gasteiger charge is -2.26. The van der Waals surface area contributed by atoms with E-state index in [1.54, 1.807) is 0 Å². The molecule has 1 aliphatic heterocycles. The highest BCUT2D eigenvalue weighted by atomic mass is 32.2. The second-order valence-corrected chi connectivity index (χ2v) is 8.16. The van der Waals surface area contributed by atoms with Crippen LogP contribution in [0.3, 0.4) is 0 Å². The standard InChI is InChI=1S/C16H22F3N3O5S/c1-21(12-13-4-2-3-5-14(13)27-16(17,18)19)15(23)20-6-11-28(24,25)22-7-9-26-10-8-22/h2-5H,6-12H2,1H3,(H,20,23). The number of carbonyl (C=O) groups is 1. The fraction of sp³-hybridized carbons (Fsp3) is 0.562. The molecule has 158 valence electrons. The van der Waals surface area contributed by atoms with Gasteiger partial charge in [-0.1, -0.05) is 18.2 Å². The Labute approximate surface area is 161 Å². The number of nitrogens with zero attached hydrogens (tertiary/aromatic N) is 2. The number of ether oxygens (including phenoxy) is 2. The Kier molecular flexibility index (Phi) is 7.49. The van der Waals surface area contributed by atoms with Crippen molar-refractivity contribution in [3.63, 3.8) is 0 Å². The first-order valence-electron chi connectivity index (χ1n) is 8.47. The van der Waals surface area contributed by atoms with Crippen molar-refractivity contribution >= 4 is 16.1 Å². The maximum atomic E-state index is 12.5. The number of hydrogen-bond donors (Lipinski definition) is 1. The minimum absolute atomic E-state index is 0.121. The van der Waals surface area contributed by atoms with Gasteiger partial charge in [-0.15, -0.1) is 13.2 Å². The highest BCUT2D eigenvalue weighted by molar-refractivity contribution is 7.89. The molecule has 12 heteroatoms. The summed E-state index contributed by atoms with van der Waals surface area (Å²) in [7, 11) is -2.13. The van der Waals surface area contributed by atoms with E-state index in [4.69, 9.17) is 4.74 Å². The van der Waals surface area contributed by atoms with Crippen LogP contribution in [0.1, 0.15) is 5.56 Å². The van der Waals surface area contributed by atoms with Crippen LogP contribution in [0.4, 0.5) is 18.0 Å². The third-order valence-corrected chi connectivity index (χ3v) is 5.82. The zero-order chi connectivity index (χ0) is 20.8. The smallest absolute Gasteiger partial charge is 0.405 e. The molecule has 1 aromatic rings. The second-order valence-electron chi connectivity index (χ2n) is 6.07. The minimum atomic E-state index is -4.84. The van der Waals surface area contributed by atoms with E-state index < -0.39 is 28.2 Å². The minimum Gasteiger partial charge on any atom is -0.405 e. The van der Waals surface area contributed by atoms with E-state index in [9.17, 15) is 26.4 Å². The number of para-hydroxylation sites is 1. The van der Waals surface area contributed by atoms with Crippen LogP contribution < -0.4 is 10.1 Å². The Morgan fingerprint density at radius 1 is 1.29 bits per heavy atom. The van der Waals surface area contributed by atoms with Gasteiger partial charge < -0.3 is 19.7 Å². The highest BCUT2D eigenvalue weighted by Gasteiger charge is 2.32. The summed E-state index contributed by atoms with van der Waals surface area (Å²) in [5.41, 5.74) is 0.165. The van der Waals surface area contributed by atoms with Crippen molar-refractivity contribution < 1.29 is 35.9 Å². The molecule has 0 unspecified atom stereocenters. The summed E-state index contributed by atoms with van der Waals surface area (Å²) in [5, 5.41) is 2.45. The normalized spacial score (nSPS) is 15.9. The predicted molar refractivity (Wildman–Crippen MR) is 94.2 cm³/mol. The monoisotopic (exact) mass is 425 g/mol. The number of morpholine rings is 1. The molecule has 1 aromatic carbocycles. The van der Waals surface area contributed by atoms with Crippen LogP contribution in [0.2, 0.25) is 0 Å². The predicted octanol–water partition coefficient (Wildman–Crippen LogP) is 1.39. The molecule has 0 aromatic heterocycles. The Balaban J connectivity index is 1.86. The zero-order valence-electron chi connectivity index (χ0n) is 15.2. The van der Waals surface area contributed by atoms with Gasteiger partial charge in [0.15, 0.2) is 0 Å². The van der Waals surface area contributed by atoms with Gasteiger partial charge in [0.1, 0.15) is 5.75 Å². The van der Waals surface area contributed by atoms with Crippen molar-refractivity contribution in [3.05, 3.63) is 29.8 Å². The molecule has 0 saturated carbocycles. The average Bonchev–Trinajstić information content (AvgIpc) is 2.62. The first kappa shape index (κ1) is 22.2. The number of alkyl halides is 3. The van der Waals surface area contributed by atoms with Gasteiger partial charge >= 0.3 is 12.4 Å². The molecule has 0 bridgehead atoms. The largest absolute Gasteiger partial charge is 0.573 e. The molecular formula is C16H22F3N3O5S. The third-order valence-electron chi connectivity index (χ3n) is 3.95. The maximum Gasteiger partial charge on any atom is 0.573 e. The molecule has 0 spiro atoms.